The van der Waals surface area contributed by atoms with E-state index in [9.17, 15) is 9.59 Å². The quantitative estimate of drug-likeness (QED) is 0.849. The Bertz CT molecular complexity index is 832. The van der Waals surface area contributed by atoms with E-state index >= 15 is 0 Å². The summed E-state index contributed by atoms with van der Waals surface area (Å²) in [5.74, 6) is 0.0569. The number of carbonyl (C=O) groups excluding carboxylic acids is 2. The van der Waals surface area contributed by atoms with E-state index in [2.05, 4.69) is 15.4 Å². The molecule has 0 atom stereocenters. The predicted molar refractivity (Wildman–Crippen MR) is 98.3 cm³/mol. The maximum absolute atomic E-state index is 12.4. The number of urea groups is 1. The van der Waals surface area contributed by atoms with Crippen LogP contribution in [0.25, 0.3) is 0 Å². The van der Waals surface area contributed by atoms with Gasteiger partial charge < -0.3 is 19.9 Å². The first-order chi connectivity index (χ1) is 13.0. The number of nitrogens with zero attached hydrogens (tertiary/aromatic N) is 5. The van der Waals surface area contributed by atoms with Gasteiger partial charge in [-0.25, -0.2) is 9.78 Å². The highest BCUT2D eigenvalue weighted by atomic mass is 16.5. The summed E-state index contributed by atoms with van der Waals surface area (Å²) in [7, 11) is 3.48. The molecule has 0 bridgehead atoms. The van der Waals surface area contributed by atoms with Gasteiger partial charge in [-0.3, -0.25) is 9.48 Å². The summed E-state index contributed by atoms with van der Waals surface area (Å²) < 4.78 is 7.28. The highest BCUT2D eigenvalue weighted by molar-refractivity contribution is 5.96. The van der Waals surface area contributed by atoms with Crippen LogP contribution in [0, 0.1) is 0 Å². The molecule has 144 valence electrons. The van der Waals surface area contributed by atoms with Crippen molar-refractivity contribution in [1.29, 1.82) is 0 Å². The van der Waals surface area contributed by atoms with Gasteiger partial charge in [-0.15, -0.1) is 0 Å². The van der Waals surface area contributed by atoms with E-state index < -0.39 is 0 Å². The third-order valence-electron chi connectivity index (χ3n) is 4.23. The summed E-state index contributed by atoms with van der Waals surface area (Å²) in [4.78, 5) is 32.0. The summed E-state index contributed by atoms with van der Waals surface area (Å²) in [5.41, 5.74) is 2.10. The molecule has 3 amide bonds. The molecule has 0 saturated carbocycles. The molecule has 2 aromatic rings. The van der Waals surface area contributed by atoms with Gasteiger partial charge in [0.25, 0.3) is 5.91 Å². The molecule has 1 aliphatic rings. The average Bonchev–Trinajstić information content (AvgIpc) is 3.08. The lowest BCUT2D eigenvalue weighted by atomic mass is 10.2. The Kier molecular flexibility index (Phi) is 5.58. The second-order valence-electron chi connectivity index (χ2n) is 6.42. The number of aromatic nitrogens is 3. The molecule has 1 N–H and O–H groups in total. The number of hydrogen-bond acceptors (Lipinski definition) is 5. The molecule has 1 aliphatic heterocycles. The van der Waals surface area contributed by atoms with E-state index in [-0.39, 0.29) is 11.9 Å². The van der Waals surface area contributed by atoms with Crippen molar-refractivity contribution in [3.63, 3.8) is 0 Å². The van der Waals surface area contributed by atoms with E-state index in [4.69, 9.17) is 4.74 Å². The van der Waals surface area contributed by atoms with E-state index in [0.717, 1.165) is 11.4 Å². The molecule has 27 heavy (non-hydrogen) atoms. The fourth-order valence-electron chi connectivity index (χ4n) is 2.94. The number of rotatable bonds is 5. The molecule has 0 spiro atoms. The van der Waals surface area contributed by atoms with Gasteiger partial charge in [0.05, 0.1) is 37.6 Å². The predicted octanol–water partition coefficient (Wildman–Crippen LogP) is 1.10. The lowest BCUT2D eigenvalue weighted by Crippen LogP contribution is -2.43. The van der Waals surface area contributed by atoms with Gasteiger partial charge in [-0.1, -0.05) is 0 Å². The first-order valence-electron chi connectivity index (χ1n) is 8.87. The molecule has 9 heteroatoms. The lowest BCUT2D eigenvalue weighted by Gasteiger charge is -2.29. The van der Waals surface area contributed by atoms with Gasteiger partial charge in [0.15, 0.2) is 0 Å². The van der Waals surface area contributed by atoms with Crippen molar-refractivity contribution in [2.45, 2.75) is 26.6 Å². The summed E-state index contributed by atoms with van der Waals surface area (Å²) in [5, 5.41) is 7.37. The average molecular weight is 372 g/mol. The molecule has 3 heterocycles. The molecule has 0 aromatic carbocycles. The molecule has 0 radical (unpaired) electrons. The molecular weight excluding hydrogens is 348 g/mol. The number of fused-ring (bicyclic) bond motifs is 1. The molecule has 2 aromatic heterocycles. The number of amides is 3. The van der Waals surface area contributed by atoms with E-state index in [1.165, 1.54) is 0 Å². The Morgan fingerprint density at radius 1 is 1.33 bits per heavy atom. The first kappa shape index (κ1) is 18.7. The lowest BCUT2D eigenvalue weighted by molar-refractivity contribution is 0.0945. The molecule has 9 nitrogen and oxygen atoms in total. The van der Waals surface area contributed by atoms with E-state index in [1.54, 1.807) is 42.2 Å². The van der Waals surface area contributed by atoms with Gasteiger partial charge in [0.1, 0.15) is 5.56 Å². The van der Waals surface area contributed by atoms with Gasteiger partial charge >= 0.3 is 6.03 Å². The minimum absolute atomic E-state index is 0.0164. The van der Waals surface area contributed by atoms with Crippen molar-refractivity contribution >= 4 is 11.9 Å². The van der Waals surface area contributed by atoms with Crippen molar-refractivity contribution in [1.82, 2.24) is 29.9 Å². The monoisotopic (exact) mass is 372 g/mol. The Balaban J connectivity index is 1.64. The zero-order valence-corrected chi connectivity index (χ0v) is 15.8. The Hall–Kier alpha value is -3.10. The molecule has 0 saturated heterocycles. The van der Waals surface area contributed by atoms with Crippen molar-refractivity contribution in [3.8, 4) is 5.88 Å². The van der Waals surface area contributed by atoms with Crippen molar-refractivity contribution < 1.29 is 14.3 Å². The summed E-state index contributed by atoms with van der Waals surface area (Å²) >= 11 is 0. The topological polar surface area (TPSA) is 92.6 Å². The van der Waals surface area contributed by atoms with Crippen LogP contribution in [-0.2, 0) is 19.6 Å². The summed E-state index contributed by atoms with van der Waals surface area (Å²) in [6, 6.07) is 5.28. The van der Waals surface area contributed by atoms with Gasteiger partial charge in [0, 0.05) is 26.8 Å². The largest absolute Gasteiger partial charge is 0.477 e. The fraction of sp³-hybridized carbons (Fsp3) is 0.444. The highest BCUT2D eigenvalue weighted by Gasteiger charge is 2.23. The second-order valence-corrected chi connectivity index (χ2v) is 6.42. The normalized spacial score (nSPS) is 13.1. The van der Waals surface area contributed by atoms with Crippen molar-refractivity contribution in [2.24, 2.45) is 0 Å². The van der Waals surface area contributed by atoms with E-state index in [1.807, 2.05) is 17.7 Å². The molecular formula is C18H24N6O3. The molecule has 0 aliphatic carbocycles. The molecule has 0 fully saturated rings. The summed E-state index contributed by atoms with van der Waals surface area (Å²) in [6.45, 7) is 4.34. The minimum Gasteiger partial charge on any atom is -0.477 e. The maximum Gasteiger partial charge on any atom is 0.319 e. The van der Waals surface area contributed by atoms with Crippen LogP contribution in [0.15, 0.2) is 24.4 Å². The fourth-order valence-corrected chi connectivity index (χ4v) is 2.94. The third kappa shape index (κ3) is 4.18. The van der Waals surface area contributed by atoms with Gasteiger partial charge in [-0.05, 0) is 25.1 Å². The maximum atomic E-state index is 12.4. The van der Waals surface area contributed by atoms with Crippen LogP contribution in [0.5, 0.6) is 5.88 Å². The third-order valence-corrected chi connectivity index (χ3v) is 4.23. The number of carbonyl (C=O) groups is 2. The zero-order valence-electron chi connectivity index (χ0n) is 15.8. The van der Waals surface area contributed by atoms with Crippen LogP contribution in [0.3, 0.4) is 0 Å². The highest BCUT2D eigenvalue weighted by Crippen LogP contribution is 2.16. The van der Waals surface area contributed by atoms with Crippen LogP contribution in [0.1, 0.15) is 28.7 Å². The minimum atomic E-state index is -0.262. The van der Waals surface area contributed by atoms with Gasteiger partial charge in [-0.2, -0.15) is 5.10 Å². The number of nitrogens with one attached hydrogen (secondary N) is 1. The number of ether oxygens (including phenoxy) is 1. The zero-order chi connectivity index (χ0) is 19.4. The SMILES string of the molecule is CCOc1ncccc1C(=O)NCc1cc2n(n1)CCN(C(=O)N(C)C)C2. The van der Waals surface area contributed by atoms with Crippen molar-refractivity contribution in [3.05, 3.63) is 41.3 Å². The second kappa shape index (κ2) is 8.07. The summed E-state index contributed by atoms with van der Waals surface area (Å²) in [6.07, 6.45) is 1.59. The van der Waals surface area contributed by atoms with Crippen LogP contribution >= 0.6 is 0 Å². The molecule has 3 rings (SSSR count). The van der Waals surface area contributed by atoms with Crippen LogP contribution in [0.2, 0.25) is 0 Å². The van der Waals surface area contributed by atoms with Crippen LogP contribution in [0.4, 0.5) is 4.79 Å². The van der Waals surface area contributed by atoms with Gasteiger partial charge in [0.2, 0.25) is 5.88 Å². The Morgan fingerprint density at radius 2 is 2.15 bits per heavy atom. The smallest absolute Gasteiger partial charge is 0.319 e. The Labute approximate surface area is 157 Å². The molecule has 0 unspecified atom stereocenters. The standard InChI is InChI=1S/C18H24N6O3/c1-4-27-17-15(6-5-7-19-17)16(25)20-11-13-10-14-12-23(18(26)22(2)3)8-9-24(14)21-13/h5-7,10H,4,8-9,11-12H2,1-3H3,(H,20,25). The Morgan fingerprint density at radius 3 is 2.89 bits per heavy atom. The van der Waals surface area contributed by atoms with E-state index in [0.29, 0.717) is 44.2 Å². The van der Waals surface area contributed by atoms with Crippen molar-refractivity contribution in [2.75, 3.05) is 27.2 Å². The number of hydrogen-bond donors (Lipinski definition) is 1. The number of pyridine rings is 1. The first-order valence-corrected chi connectivity index (χ1v) is 8.87. The van der Waals surface area contributed by atoms with Crippen LogP contribution in [-0.4, -0.2) is 63.7 Å². The van der Waals surface area contributed by atoms with Crippen LogP contribution < -0.4 is 10.1 Å².